The number of amides is 1. The van der Waals surface area contributed by atoms with Gasteiger partial charge in [-0.2, -0.15) is 0 Å². The van der Waals surface area contributed by atoms with Gasteiger partial charge in [0.25, 0.3) is 0 Å². The van der Waals surface area contributed by atoms with Crippen molar-refractivity contribution in [2.24, 2.45) is 10.9 Å². The Labute approximate surface area is 208 Å². The summed E-state index contributed by atoms with van der Waals surface area (Å²) in [7, 11) is 1.76. The van der Waals surface area contributed by atoms with Crippen LogP contribution in [-0.4, -0.2) is 55.5 Å². The van der Waals surface area contributed by atoms with Crippen molar-refractivity contribution < 1.29 is 14.3 Å². The van der Waals surface area contributed by atoms with Crippen molar-refractivity contribution in [1.82, 2.24) is 15.5 Å². The minimum atomic E-state index is -0.0645. The lowest BCUT2D eigenvalue weighted by Crippen LogP contribution is -2.45. The van der Waals surface area contributed by atoms with Crippen molar-refractivity contribution in [3.8, 4) is 0 Å². The van der Waals surface area contributed by atoms with Gasteiger partial charge >= 0.3 is 5.97 Å². The van der Waals surface area contributed by atoms with E-state index in [4.69, 9.17) is 4.74 Å². The number of nitrogens with zero attached hydrogens (tertiary/aromatic N) is 2. The lowest BCUT2D eigenvalue weighted by atomic mass is 9.86. The van der Waals surface area contributed by atoms with E-state index in [1.165, 1.54) is 11.1 Å². The SMILES string of the molecule is CCOC(=O)C1CCC(NC(=NC)NCCCC(=O)N2CCc3ccccc3C2)CC1.I. The summed E-state index contributed by atoms with van der Waals surface area (Å²) in [5.74, 6) is 0.946. The molecule has 2 N–H and O–H groups in total. The quantitative estimate of drug-likeness (QED) is 0.177. The van der Waals surface area contributed by atoms with Crippen molar-refractivity contribution >= 4 is 41.8 Å². The Morgan fingerprint density at radius 3 is 2.56 bits per heavy atom. The van der Waals surface area contributed by atoms with Gasteiger partial charge in [-0.25, -0.2) is 0 Å². The van der Waals surface area contributed by atoms with E-state index < -0.39 is 0 Å². The first kappa shape index (κ1) is 26.4. The second-order valence-electron chi connectivity index (χ2n) is 8.38. The fourth-order valence-corrected chi connectivity index (χ4v) is 4.43. The number of carbonyl (C=O) groups excluding carboxylic acids is 2. The third-order valence-electron chi connectivity index (χ3n) is 6.25. The molecule has 0 unspecified atom stereocenters. The fourth-order valence-electron chi connectivity index (χ4n) is 4.43. The highest BCUT2D eigenvalue weighted by Crippen LogP contribution is 2.25. The first-order valence-electron chi connectivity index (χ1n) is 11.6. The number of aliphatic imine (C=N–C) groups is 1. The van der Waals surface area contributed by atoms with Gasteiger partial charge in [-0.15, -0.1) is 24.0 Å². The number of nitrogens with one attached hydrogen (secondary N) is 2. The molecule has 8 heteroatoms. The van der Waals surface area contributed by atoms with E-state index in [-0.39, 0.29) is 41.8 Å². The first-order chi connectivity index (χ1) is 15.1. The molecule has 1 fully saturated rings. The maximum atomic E-state index is 12.6. The van der Waals surface area contributed by atoms with Crippen LogP contribution in [0.5, 0.6) is 0 Å². The average molecular weight is 556 g/mol. The maximum Gasteiger partial charge on any atom is 0.308 e. The topological polar surface area (TPSA) is 83.0 Å². The molecule has 3 rings (SSSR count). The molecule has 178 valence electrons. The number of hydrogen-bond acceptors (Lipinski definition) is 4. The number of benzene rings is 1. The van der Waals surface area contributed by atoms with Crippen molar-refractivity contribution in [2.45, 2.75) is 64.5 Å². The van der Waals surface area contributed by atoms with Crippen LogP contribution in [0, 0.1) is 5.92 Å². The highest BCUT2D eigenvalue weighted by molar-refractivity contribution is 14.0. The second-order valence-corrected chi connectivity index (χ2v) is 8.38. The minimum Gasteiger partial charge on any atom is -0.466 e. The molecule has 0 bridgehead atoms. The van der Waals surface area contributed by atoms with E-state index >= 15 is 0 Å². The van der Waals surface area contributed by atoms with E-state index in [0.29, 0.717) is 25.6 Å². The average Bonchev–Trinajstić information content (AvgIpc) is 2.81. The largest absolute Gasteiger partial charge is 0.466 e. The summed E-state index contributed by atoms with van der Waals surface area (Å²) >= 11 is 0. The van der Waals surface area contributed by atoms with E-state index in [2.05, 4.69) is 33.8 Å². The number of halogens is 1. The number of rotatable bonds is 7. The summed E-state index contributed by atoms with van der Waals surface area (Å²) < 4.78 is 5.14. The molecule has 0 radical (unpaired) electrons. The van der Waals surface area contributed by atoms with Crippen LogP contribution in [0.15, 0.2) is 29.3 Å². The second kappa shape index (κ2) is 13.6. The number of fused-ring (bicyclic) bond motifs is 1. The Bertz CT molecular complexity index is 778. The zero-order valence-corrected chi connectivity index (χ0v) is 21.6. The summed E-state index contributed by atoms with van der Waals surface area (Å²) in [5, 5.41) is 6.77. The molecular weight excluding hydrogens is 519 g/mol. The minimum absolute atomic E-state index is 0. The third kappa shape index (κ3) is 7.64. The van der Waals surface area contributed by atoms with Crippen LogP contribution in [0.4, 0.5) is 0 Å². The smallest absolute Gasteiger partial charge is 0.308 e. The number of esters is 1. The summed E-state index contributed by atoms with van der Waals surface area (Å²) in [4.78, 5) is 30.7. The van der Waals surface area contributed by atoms with E-state index in [9.17, 15) is 9.59 Å². The Balaban J connectivity index is 0.00000363. The van der Waals surface area contributed by atoms with Gasteiger partial charge in [0.05, 0.1) is 12.5 Å². The molecule has 0 spiro atoms. The van der Waals surface area contributed by atoms with Gasteiger partial charge in [-0.1, -0.05) is 24.3 Å². The molecule has 1 aromatic rings. The zero-order valence-electron chi connectivity index (χ0n) is 19.3. The van der Waals surface area contributed by atoms with Crippen molar-refractivity contribution in [1.29, 1.82) is 0 Å². The van der Waals surface area contributed by atoms with Crippen LogP contribution in [0.1, 0.15) is 56.6 Å². The first-order valence-corrected chi connectivity index (χ1v) is 11.6. The van der Waals surface area contributed by atoms with E-state index in [1.807, 2.05) is 17.9 Å². The number of guanidine groups is 1. The fraction of sp³-hybridized carbons (Fsp3) is 0.625. The molecule has 0 atom stereocenters. The highest BCUT2D eigenvalue weighted by Gasteiger charge is 2.27. The summed E-state index contributed by atoms with van der Waals surface area (Å²) in [6.45, 7) is 4.52. The summed E-state index contributed by atoms with van der Waals surface area (Å²) in [5.41, 5.74) is 2.63. The molecule has 1 aliphatic heterocycles. The Morgan fingerprint density at radius 2 is 1.88 bits per heavy atom. The van der Waals surface area contributed by atoms with Crippen LogP contribution in [0.25, 0.3) is 0 Å². The Hall–Kier alpha value is -1.84. The number of carbonyl (C=O) groups is 2. The Kier molecular flexibility index (Phi) is 11.3. The third-order valence-corrected chi connectivity index (χ3v) is 6.25. The lowest BCUT2D eigenvalue weighted by molar-refractivity contribution is -0.149. The number of hydrogen-bond donors (Lipinski definition) is 2. The molecule has 1 heterocycles. The molecule has 0 aromatic heterocycles. The van der Waals surface area contributed by atoms with Crippen LogP contribution in [0.3, 0.4) is 0 Å². The standard InChI is InChI=1S/C24H36N4O3.HI/c1-3-31-23(30)19-10-12-21(13-11-19)27-24(25-2)26-15-6-9-22(29)28-16-14-18-7-4-5-8-20(18)17-28;/h4-5,7-8,19,21H,3,6,9-17H2,1-2H3,(H2,25,26,27);1H. The van der Waals surface area contributed by atoms with Crippen molar-refractivity contribution in [3.63, 3.8) is 0 Å². The van der Waals surface area contributed by atoms with Gasteiger partial charge < -0.3 is 20.3 Å². The van der Waals surface area contributed by atoms with Gasteiger partial charge in [0.1, 0.15) is 0 Å². The van der Waals surface area contributed by atoms with E-state index in [1.54, 1.807) is 7.05 Å². The molecule has 1 saturated carbocycles. The van der Waals surface area contributed by atoms with E-state index in [0.717, 1.165) is 57.6 Å². The predicted molar refractivity (Wildman–Crippen MR) is 137 cm³/mol. The summed E-state index contributed by atoms with van der Waals surface area (Å²) in [6.07, 6.45) is 5.80. The molecule has 7 nitrogen and oxygen atoms in total. The van der Waals surface area contributed by atoms with Gasteiger partial charge in [-0.3, -0.25) is 14.6 Å². The highest BCUT2D eigenvalue weighted by atomic mass is 127. The monoisotopic (exact) mass is 556 g/mol. The van der Waals surface area contributed by atoms with Crippen LogP contribution in [-0.2, 0) is 27.3 Å². The number of ether oxygens (including phenoxy) is 1. The van der Waals surface area contributed by atoms with Crippen molar-refractivity contribution in [2.75, 3.05) is 26.7 Å². The normalized spacial score (nSPS) is 20.6. The predicted octanol–water partition coefficient (Wildman–Crippen LogP) is 3.26. The van der Waals surface area contributed by atoms with Crippen LogP contribution < -0.4 is 10.6 Å². The van der Waals surface area contributed by atoms with Crippen molar-refractivity contribution in [3.05, 3.63) is 35.4 Å². The van der Waals surface area contributed by atoms with Gasteiger partial charge in [-0.05, 0) is 56.6 Å². The molecular formula is C24H37IN4O3. The Morgan fingerprint density at radius 1 is 1.16 bits per heavy atom. The van der Waals surface area contributed by atoms with Crippen LogP contribution in [0.2, 0.25) is 0 Å². The summed E-state index contributed by atoms with van der Waals surface area (Å²) in [6, 6.07) is 8.69. The lowest BCUT2D eigenvalue weighted by Gasteiger charge is -2.29. The maximum absolute atomic E-state index is 12.6. The molecule has 1 aliphatic carbocycles. The molecule has 32 heavy (non-hydrogen) atoms. The van der Waals surface area contributed by atoms with Crippen LogP contribution >= 0.6 is 24.0 Å². The molecule has 2 aliphatic rings. The molecule has 1 amide bonds. The van der Waals surface area contributed by atoms with Gasteiger partial charge in [0, 0.05) is 39.1 Å². The zero-order chi connectivity index (χ0) is 22.1. The van der Waals surface area contributed by atoms with Gasteiger partial charge in [0.15, 0.2) is 5.96 Å². The van der Waals surface area contributed by atoms with Gasteiger partial charge in [0.2, 0.25) is 5.91 Å². The molecule has 0 saturated heterocycles. The molecule has 1 aromatic carbocycles.